The maximum Gasteiger partial charge on any atom is 0.338 e. The summed E-state index contributed by atoms with van der Waals surface area (Å²) < 4.78 is 18.5. The Balaban J connectivity index is 2.10. The van der Waals surface area contributed by atoms with Crippen LogP contribution < -0.4 is 5.73 Å². The molecule has 1 aromatic carbocycles. The van der Waals surface area contributed by atoms with Gasteiger partial charge in [0, 0.05) is 46.9 Å². The summed E-state index contributed by atoms with van der Waals surface area (Å²) in [6.45, 7) is 4.71. The van der Waals surface area contributed by atoms with Crippen LogP contribution in [-0.4, -0.2) is 42.3 Å². The van der Waals surface area contributed by atoms with Gasteiger partial charge in [-0.15, -0.1) is 11.3 Å². The van der Waals surface area contributed by atoms with Crippen molar-refractivity contribution in [1.29, 1.82) is 0 Å². The second-order valence-electron chi connectivity index (χ2n) is 6.37. The van der Waals surface area contributed by atoms with Crippen molar-refractivity contribution in [2.24, 2.45) is 10.7 Å². The Morgan fingerprint density at radius 2 is 2.39 bits per heavy atom. The summed E-state index contributed by atoms with van der Waals surface area (Å²) in [5.74, 6) is -1.02. The number of benzene rings is 1. The van der Waals surface area contributed by atoms with Crippen molar-refractivity contribution >= 4 is 35.6 Å². The molecule has 148 valence electrons. The number of aliphatic imine (C=N–C) groups is 1. The number of nitrogens with zero attached hydrogens (tertiary/aromatic N) is 3. The second kappa shape index (κ2) is 8.81. The Morgan fingerprint density at radius 3 is 3.00 bits per heavy atom. The SMILES string of the molecule is C=N[C@H](/C(C(=O)OC)=C1/C[C@H](N)CN1Cc1nccs1)c1ccc(F)cc1Cl. The van der Waals surface area contributed by atoms with Crippen LogP contribution in [0.25, 0.3) is 0 Å². The molecule has 1 fully saturated rings. The lowest BCUT2D eigenvalue weighted by Crippen LogP contribution is -2.27. The number of methoxy groups -OCH3 is 1. The van der Waals surface area contributed by atoms with Crippen LogP contribution in [0.3, 0.4) is 0 Å². The summed E-state index contributed by atoms with van der Waals surface area (Å²) in [6, 6.07) is 3.00. The fourth-order valence-electron chi connectivity index (χ4n) is 3.34. The maximum absolute atomic E-state index is 13.5. The molecule has 2 heterocycles. The molecule has 9 heteroatoms. The average molecular weight is 423 g/mol. The Labute approximate surface area is 171 Å². The summed E-state index contributed by atoms with van der Waals surface area (Å²) in [6.07, 6.45) is 2.20. The third-order valence-electron chi connectivity index (χ3n) is 4.53. The Kier molecular flexibility index (Phi) is 6.43. The van der Waals surface area contributed by atoms with Crippen LogP contribution in [0, 0.1) is 5.82 Å². The summed E-state index contributed by atoms with van der Waals surface area (Å²) in [5.41, 5.74) is 7.68. The van der Waals surface area contributed by atoms with Crippen LogP contribution in [0.4, 0.5) is 4.39 Å². The second-order valence-corrected chi connectivity index (χ2v) is 7.76. The zero-order chi connectivity index (χ0) is 20.3. The molecular weight excluding hydrogens is 403 g/mol. The zero-order valence-electron chi connectivity index (χ0n) is 15.3. The molecule has 2 atom stereocenters. The van der Waals surface area contributed by atoms with Crippen LogP contribution in [0.1, 0.15) is 23.0 Å². The predicted octanol–water partition coefficient (Wildman–Crippen LogP) is 3.34. The number of thiazole rings is 1. The van der Waals surface area contributed by atoms with Crippen LogP contribution in [0.15, 0.2) is 46.0 Å². The van der Waals surface area contributed by atoms with Gasteiger partial charge in [0.1, 0.15) is 16.9 Å². The molecule has 0 unspecified atom stereocenters. The normalized spacial score (nSPS) is 19.4. The van der Waals surface area contributed by atoms with Crippen molar-refractivity contribution < 1.29 is 13.9 Å². The lowest BCUT2D eigenvalue weighted by Gasteiger charge is -2.25. The van der Waals surface area contributed by atoms with E-state index < -0.39 is 17.8 Å². The lowest BCUT2D eigenvalue weighted by molar-refractivity contribution is -0.136. The van der Waals surface area contributed by atoms with Crippen molar-refractivity contribution in [3.63, 3.8) is 0 Å². The highest BCUT2D eigenvalue weighted by atomic mass is 35.5. The first kappa shape index (κ1) is 20.4. The van der Waals surface area contributed by atoms with Crippen molar-refractivity contribution in [2.45, 2.75) is 25.0 Å². The summed E-state index contributed by atoms with van der Waals surface area (Å²) in [4.78, 5) is 23.2. The van der Waals surface area contributed by atoms with E-state index in [0.29, 0.717) is 36.3 Å². The largest absolute Gasteiger partial charge is 0.466 e. The Hall–Kier alpha value is -2.29. The maximum atomic E-state index is 13.5. The quantitative estimate of drug-likeness (QED) is 0.438. The van der Waals surface area contributed by atoms with Gasteiger partial charge in [-0.05, 0) is 18.9 Å². The Morgan fingerprint density at radius 1 is 1.61 bits per heavy atom. The molecule has 1 aliphatic heterocycles. The van der Waals surface area contributed by atoms with Crippen molar-refractivity contribution in [2.75, 3.05) is 13.7 Å². The van der Waals surface area contributed by atoms with Gasteiger partial charge in [-0.25, -0.2) is 14.2 Å². The van der Waals surface area contributed by atoms with Gasteiger partial charge in [0.05, 0.1) is 19.2 Å². The minimum absolute atomic E-state index is 0.149. The van der Waals surface area contributed by atoms with E-state index in [1.807, 2.05) is 10.3 Å². The van der Waals surface area contributed by atoms with E-state index in [9.17, 15) is 9.18 Å². The molecule has 0 amide bonds. The molecule has 1 saturated heterocycles. The third-order valence-corrected chi connectivity index (χ3v) is 5.62. The van der Waals surface area contributed by atoms with Crippen LogP contribution in [-0.2, 0) is 16.1 Å². The number of halogens is 2. The molecule has 2 aromatic rings. The first-order chi connectivity index (χ1) is 13.4. The molecule has 1 aromatic heterocycles. The number of carbonyl (C=O) groups excluding carboxylic acids is 1. The molecule has 0 spiro atoms. The number of ether oxygens (including phenoxy) is 1. The summed E-state index contributed by atoms with van der Waals surface area (Å²) in [5, 5.41) is 2.95. The number of aromatic nitrogens is 1. The first-order valence-corrected chi connectivity index (χ1v) is 9.81. The van der Waals surface area contributed by atoms with Gasteiger partial charge in [0.15, 0.2) is 0 Å². The Bertz CT molecular complexity index is 903. The molecule has 0 saturated carbocycles. The van der Waals surface area contributed by atoms with Gasteiger partial charge in [-0.3, -0.25) is 4.99 Å². The monoisotopic (exact) mass is 422 g/mol. The van der Waals surface area contributed by atoms with Gasteiger partial charge in [0.25, 0.3) is 0 Å². The standard InChI is InChI=1S/C19H20ClFN4O2S/c1-23-18(13-4-3-11(21)7-14(13)20)17(19(26)27-2)15-8-12(22)9-25(15)10-16-24-5-6-28-16/h3-7,12,18H,1,8-10,22H2,2H3/b17-15+/t12-,18-/m0/s1. The van der Waals surface area contributed by atoms with Crippen molar-refractivity contribution in [3.05, 3.63) is 62.5 Å². The number of likely N-dealkylation sites (tertiary alicyclic amines) is 1. The number of nitrogens with two attached hydrogens (primary N) is 1. The van der Waals surface area contributed by atoms with E-state index >= 15 is 0 Å². The highest BCUT2D eigenvalue weighted by molar-refractivity contribution is 7.09. The van der Waals surface area contributed by atoms with Crippen LogP contribution >= 0.6 is 22.9 Å². The third kappa shape index (κ3) is 4.24. The van der Waals surface area contributed by atoms with Gasteiger partial charge in [-0.2, -0.15) is 0 Å². The molecule has 0 aliphatic carbocycles. The van der Waals surface area contributed by atoms with Crippen LogP contribution in [0.5, 0.6) is 0 Å². The van der Waals surface area contributed by atoms with Crippen molar-refractivity contribution in [1.82, 2.24) is 9.88 Å². The number of rotatable bonds is 6. The molecule has 0 bridgehead atoms. The number of esters is 1. The summed E-state index contributed by atoms with van der Waals surface area (Å²) >= 11 is 7.76. The molecule has 0 radical (unpaired) electrons. The molecule has 2 N–H and O–H groups in total. The highest BCUT2D eigenvalue weighted by Crippen LogP contribution is 2.38. The first-order valence-electron chi connectivity index (χ1n) is 8.55. The van der Waals surface area contributed by atoms with E-state index in [2.05, 4.69) is 16.7 Å². The minimum Gasteiger partial charge on any atom is -0.466 e. The predicted molar refractivity (Wildman–Crippen MR) is 108 cm³/mol. The van der Waals surface area contributed by atoms with E-state index in [1.165, 1.54) is 36.6 Å². The van der Waals surface area contributed by atoms with E-state index in [4.69, 9.17) is 22.1 Å². The molecule has 1 aliphatic rings. The van der Waals surface area contributed by atoms with Crippen molar-refractivity contribution in [3.8, 4) is 0 Å². The minimum atomic E-state index is -0.806. The highest BCUT2D eigenvalue weighted by Gasteiger charge is 2.35. The van der Waals surface area contributed by atoms with E-state index in [-0.39, 0.29) is 11.1 Å². The number of hydrogen-bond donors (Lipinski definition) is 1. The van der Waals surface area contributed by atoms with E-state index in [0.717, 1.165) is 5.01 Å². The van der Waals surface area contributed by atoms with E-state index in [1.54, 1.807) is 6.20 Å². The molecule has 6 nitrogen and oxygen atoms in total. The van der Waals surface area contributed by atoms with Gasteiger partial charge >= 0.3 is 5.97 Å². The fraction of sp³-hybridized carbons (Fsp3) is 0.316. The molecular formula is C19H20ClFN4O2S. The number of hydrogen-bond acceptors (Lipinski definition) is 7. The average Bonchev–Trinajstić information content (AvgIpc) is 3.29. The molecule has 3 rings (SSSR count). The smallest absolute Gasteiger partial charge is 0.338 e. The van der Waals surface area contributed by atoms with Gasteiger partial charge in [0.2, 0.25) is 0 Å². The van der Waals surface area contributed by atoms with Gasteiger partial charge < -0.3 is 15.4 Å². The van der Waals surface area contributed by atoms with Gasteiger partial charge in [-0.1, -0.05) is 17.7 Å². The molecule has 28 heavy (non-hydrogen) atoms. The fourth-order valence-corrected chi connectivity index (χ4v) is 4.24. The summed E-state index contributed by atoms with van der Waals surface area (Å²) in [7, 11) is 1.30. The topological polar surface area (TPSA) is 80.8 Å². The lowest BCUT2D eigenvalue weighted by atomic mass is 9.96. The van der Waals surface area contributed by atoms with Crippen LogP contribution in [0.2, 0.25) is 5.02 Å². The zero-order valence-corrected chi connectivity index (χ0v) is 16.8. The number of carbonyl (C=O) groups is 1.